The molecule has 0 atom stereocenters. The maximum absolute atomic E-state index is 13.5. The van der Waals surface area contributed by atoms with Crippen LogP contribution in [0.25, 0.3) is 5.69 Å². The van der Waals surface area contributed by atoms with Crippen molar-refractivity contribution in [2.75, 3.05) is 0 Å². The molecule has 0 radical (unpaired) electrons. The maximum atomic E-state index is 13.5. The molecule has 0 bridgehead atoms. The fourth-order valence-electron chi connectivity index (χ4n) is 2.57. The molecule has 23 heavy (non-hydrogen) atoms. The van der Waals surface area contributed by atoms with E-state index in [1.54, 1.807) is 10.7 Å². The number of aryl methyl sites for hydroxylation is 2. The average Bonchev–Trinajstić information content (AvgIpc) is 2.97. The van der Waals surface area contributed by atoms with Crippen LogP contribution in [0.2, 0.25) is 0 Å². The van der Waals surface area contributed by atoms with Crippen LogP contribution in [0.1, 0.15) is 22.5 Å². The number of hydrogen-bond donors (Lipinski definition) is 1. The van der Waals surface area contributed by atoms with Gasteiger partial charge in [-0.3, -0.25) is 0 Å². The molecule has 0 saturated heterocycles. The molecule has 2 aromatic carbocycles. The van der Waals surface area contributed by atoms with Crippen molar-refractivity contribution in [1.82, 2.24) is 15.0 Å². The van der Waals surface area contributed by atoms with E-state index in [2.05, 4.69) is 41.5 Å². The van der Waals surface area contributed by atoms with Gasteiger partial charge in [0, 0.05) is 6.54 Å². The van der Waals surface area contributed by atoms with Crippen molar-refractivity contribution in [2.45, 2.75) is 26.3 Å². The molecule has 3 rings (SSSR count). The Morgan fingerprint density at radius 3 is 2.57 bits per heavy atom. The van der Waals surface area contributed by atoms with Crippen LogP contribution in [0.4, 0.5) is 4.39 Å². The minimum atomic E-state index is -0.295. The molecular weight excluding hydrogens is 291 g/mol. The molecule has 0 saturated carbocycles. The van der Waals surface area contributed by atoms with Crippen LogP contribution in [0.15, 0.2) is 48.5 Å². The van der Waals surface area contributed by atoms with Crippen molar-refractivity contribution >= 4 is 0 Å². The smallest absolute Gasteiger partial charge is 0.125 e. The molecule has 0 aliphatic rings. The number of halogens is 1. The van der Waals surface area contributed by atoms with E-state index in [1.165, 1.54) is 23.3 Å². The lowest BCUT2D eigenvalue weighted by molar-refractivity contribution is 0.623. The molecule has 0 fully saturated rings. The summed E-state index contributed by atoms with van der Waals surface area (Å²) in [6.07, 6.45) is 1.61. The topological polar surface area (TPSA) is 56.7 Å². The van der Waals surface area contributed by atoms with Crippen LogP contribution in [-0.2, 0) is 19.4 Å². The van der Waals surface area contributed by atoms with Gasteiger partial charge in [-0.1, -0.05) is 41.1 Å². The van der Waals surface area contributed by atoms with Crippen molar-refractivity contribution in [3.05, 3.63) is 76.9 Å². The quantitative estimate of drug-likeness (QED) is 0.788. The number of nitrogens with zero attached hydrogens (tertiary/aromatic N) is 3. The average molecular weight is 310 g/mol. The molecule has 0 aliphatic carbocycles. The van der Waals surface area contributed by atoms with Gasteiger partial charge in [-0.25, -0.2) is 9.07 Å². The molecule has 2 N–H and O–H groups in total. The Kier molecular flexibility index (Phi) is 4.48. The second-order valence-electron chi connectivity index (χ2n) is 5.56. The first kappa shape index (κ1) is 15.4. The van der Waals surface area contributed by atoms with Gasteiger partial charge in [-0.2, -0.15) is 0 Å². The molecule has 0 aliphatic heterocycles. The normalized spacial score (nSPS) is 10.9. The first-order chi connectivity index (χ1) is 11.2. The summed E-state index contributed by atoms with van der Waals surface area (Å²) >= 11 is 0. The number of rotatable bonds is 5. The summed E-state index contributed by atoms with van der Waals surface area (Å²) in [4.78, 5) is 0. The molecule has 3 aromatic rings. The van der Waals surface area contributed by atoms with Crippen molar-refractivity contribution in [3.63, 3.8) is 0 Å². The van der Waals surface area contributed by atoms with Gasteiger partial charge >= 0.3 is 0 Å². The lowest BCUT2D eigenvalue weighted by atomic mass is 10.1. The summed E-state index contributed by atoms with van der Waals surface area (Å²) in [5.41, 5.74) is 10.6. The van der Waals surface area contributed by atoms with E-state index >= 15 is 0 Å². The molecule has 5 heteroatoms. The van der Waals surface area contributed by atoms with Crippen molar-refractivity contribution in [1.29, 1.82) is 0 Å². The highest BCUT2D eigenvalue weighted by Crippen LogP contribution is 2.16. The van der Waals surface area contributed by atoms with Crippen LogP contribution in [0.5, 0.6) is 0 Å². The molecule has 118 valence electrons. The summed E-state index contributed by atoms with van der Waals surface area (Å²) in [6.45, 7) is 2.39. The predicted octanol–water partition coefficient (Wildman–Crippen LogP) is 2.96. The summed E-state index contributed by atoms with van der Waals surface area (Å²) in [5.74, 6) is -0.295. The zero-order chi connectivity index (χ0) is 16.2. The second-order valence-corrected chi connectivity index (χ2v) is 5.56. The third-order valence-electron chi connectivity index (χ3n) is 3.86. The van der Waals surface area contributed by atoms with Crippen LogP contribution >= 0.6 is 0 Å². The first-order valence-corrected chi connectivity index (χ1v) is 7.62. The highest BCUT2D eigenvalue weighted by molar-refractivity contribution is 5.34. The maximum Gasteiger partial charge on any atom is 0.125 e. The van der Waals surface area contributed by atoms with Gasteiger partial charge in [0.1, 0.15) is 5.82 Å². The minimum absolute atomic E-state index is 0.295. The van der Waals surface area contributed by atoms with Gasteiger partial charge in [0.15, 0.2) is 0 Å². The fraction of sp³-hybridized carbons (Fsp3) is 0.222. The minimum Gasteiger partial charge on any atom is -0.325 e. The number of hydrogen-bond acceptors (Lipinski definition) is 3. The lowest BCUT2D eigenvalue weighted by Crippen LogP contribution is -2.08. The third-order valence-corrected chi connectivity index (χ3v) is 3.86. The second kappa shape index (κ2) is 6.71. The Labute approximate surface area is 134 Å². The van der Waals surface area contributed by atoms with Gasteiger partial charge in [0.05, 0.1) is 17.1 Å². The van der Waals surface area contributed by atoms with Gasteiger partial charge in [0.2, 0.25) is 0 Å². The van der Waals surface area contributed by atoms with Gasteiger partial charge in [-0.05, 0) is 43.5 Å². The van der Waals surface area contributed by atoms with E-state index in [0.29, 0.717) is 12.2 Å². The van der Waals surface area contributed by atoms with Crippen molar-refractivity contribution < 1.29 is 4.39 Å². The molecule has 1 aromatic heterocycles. The summed E-state index contributed by atoms with van der Waals surface area (Å²) in [7, 11) is 0. The van der Waals surface area contributed by atoms with E-state index in [0.717, 1.165) is 24.2 Å². The van der Waals surface area contributed by atoms with E-state index in [-0.39, 0.29) is 5.82 Å². The van der Waals surface area contributed by atoms with E-state index < -0.39 is 0 Å². The number of benzene rings is 2. The monoisotopic (exact) mass is 310 g/mol. The van der Waals surface area contributed by atoms with Gasteiger partial charge in [0.25, 0.3) is 0 Å². The molecule has 0 spiro atoms. The van der Waals surface area contributed by atoms with Gasteiger partial charge in [-0.15, -0.1) is 5.10 Å². The Bertz CT molecular complexity index is 793. The summed E-state index contributed by atoms with van der Waals surface area (Å²) in [6, 6.07) is 14.8. The Hall–Kier alpha value is -2.53. The third kappa shape index (κ3) is 3.46. The highest BCUT2D eigenvalue weighted by Gasteiger charge is 2.13. The first-order valence-electron chi connectivity index (χ1n) is 7.62. The van der Waals surface area contributed by atoms with E-state index in [9.17, 15) is 4.39 Å². The fourth-order valence-corrected chi connectivity index (χ4v) is 2.57. The standard InChI is InChI=1S/C18H19FN4/c1-13-5-7-14(8-6-13)9-10-18-17(12-20)21-22-23(18)16-4-2-3-15(19)11-16/h2-8,11H,9-10,12,20H2,1H3. The van der Waals surface area contributed by atoms with Crippen molar-refractivity contribution in [3.8, 4) is 5.69 Å². The Morgan fingerprint density at radius 2 is 1.87 bits per heavy atom. The molecule has 0 amide bonds. The molecular formula is C18H19FN4. The van der Waals surface area contributed by atoms with E-state index in [1.807, 2.05) is 6.07 Å². The largest absolute Gasteiger partial charge is 0.325 e. The van der Waals surface area contributed by atoms with Crippen LogP contribution in [0, 0.1) is 12.7 Å². The van der Waals surface area contributed by atoms with Gasteiger partial charge < -0.3 is 5.73 Å². The van der Waals surface area contributed by atoms with Crippen LogP contribution < -0.4 is 5.73 Å². The zero-order valence-corrected chi connectivity index (χ0v) is 13.0. The number of aromatic nitrogens is 3. The van der Waals surface area contributed by atoms with E-state index in [4.69, 9.17) is 5.73 Å². The highest BCUT2D eigenvalue weighted by atomic mass is 19.1. The van der Waals surface area contributed by atoms with Crippen molar-refractivity contribution in [2.24, 2.45) is 5.73 Å². The Balaban J connectivity index is 1.88. The zero-order valence-electron chi connectivity index (χ0n) is 13.0. The Morgan fingerprint density at radius 1 is 1.09 bits per heavy atom. The molecule has 0 unspecified atom stereocenters. The SMILES string of the molecule is Cc1ccc(CCc2c(CN)nnn2-c2cccc(F)c2)cc1. The predicted molar refractivity (Wildman–Crippen MR) is 87.8 cm³/mol. The number of nitrogens with two attached hydrogens (primary N) is 1. The lowest BCUT2D eigenvalue weighted by Gasteiger charge is -2.08. The van der Waals surface area contributed by atoms with Crippen LogP contribution in [-0.4, -0.2) is 15.0 Å². The summed E-state index contributed by atoms with van der Waals surface area (Å²) in [5, 5.41) is 8.28. The summed E-state index contributed by atoms with van der Waals surface area (Å²) < 4.78 is 15.2. The van der Waals surface area contributed by atoms with Crippen LogP contribution in [0.3, 0.4) is 0 Å². The molecule has 1 heterocycles. The molecule has 4 nitrogen and oxygen atoms in total.